The zero-order chi connectivity index (χ0) is 16.0. The normalized spacial score (nSPS) is 21.3. The van der Waals surface area contributed by atoms with Crippen LogP contribution < -0.4 is 4.90 Å². The predicted molar refractivity (Wildman–Crippen MR) is 92.9 cm³/mol. The SMILES string of the molecule is Cc1cc2ncnc(N3CC(N4CCN(C(C)C)CC4)C3)c2[nH]1. The smallest absolute Gasteiger partial charge is 0.156 e. The average molecular weight is 314 g/mol. The lowest BCUT2D eigenvalue weighted by molar-refractivity contribution is 0.0677. The molecule has 0 aliphatic carbocycles. The van der Waals surface area contributed by atoms with E-state index in [9.17, 15) is 0 Å². The van der Waals surface area contributed by atoms with E-state index >= 15 is 0 Å². The van der Waals surface area contributed by atoms with Gasteiger partial charge in [-0.3, -0.25) is 9.80 Å². The highest BCUT2D eigenvalue weighted by Gasteiger charge is 2.35. The Bertz CT molecular complexity index is 679. The van der Waals surface area contributed by atoms with E-state index in [-0.39, 0.29) is 0 Å². The molecule has 2 aromatic heterocycles. The number of aryl methyl sites for hydroxylation is 1. The van der Waals surface area contributed by atoms with Gasteiger partial charge in [0.15, 0.2) is 5.82 Å². The molecule has 0 spiro atoms. The van der Waals surface area contributed by atoms with Crippen molar-refractivity contribution in [2.45, 2.75) is 32.9 Å². The first kappa shape index (κ1) is 14.9. The number of anilines is 1. The molecule has 0 bridgehead atoms. The van der Waals surface area contributed by atoms with Crippen LogP contribution in [-0.2, 0) is 0 Å². The third-order valence-corrected chi connectivity index (χ3v) is 5.29. The molecule has 0 aromatic carbocycles. The molecule has 0 saturated carbocycles. The van der Waals surface area contributed by atoms with E-state index in [1.165, 1.54) is 26.2 Å². The summed E-state index contributed by atoms with van der Waals surface area (Å²) in [6.45, 7) is 13.6. The van der Waals surface area contributed by atoms with Gasteiger partial charge in [0, 0.05) is 57.0 Å². The van der Waals surface area contributed by atoms with Crippen LogP contribution in [0.2, 0.25) is 0 Å². The molecule has 2 saturated heterocycles. The van der Waals surface area contributed by atoms with Gasteiger partial charge >= 0.3 is 0 Å². The fraction of sp³-hybridized carbons (Fsp3) is 0.647. The number of aromatic amines is 1. The van der Waals surface area contributed by atoms with Crippen molar-refractivity contribution >= 4 is 16.9 Å². The van der Waals surface area contributed by atoms with Gasteiger partial charge in [-0.2, -0.15) is 0 Å². The van der Waals surface area contributed by atoms with E-state index in [0.29, 0.717) is 12.1 Å². The highest BCUT2D eigenvalue weighted by Crippen LogP contribution is 2.28. The molecule has 4 heterocycles. The first-order valence-corrected chi connectivity index (χ1v) is 8.65. The Morgan fingerprint density at radius 2 is 1.87 bits per heavy atom. The van der Waals surface area contributed by atoms with Crippen molar-refractivity contribution in [3.63, 3.8) is 0 Å². The summed E-state index contributed by atoms with van der Waals surface area (Å²) in [5, 5.41) is 0. The van der Waals surface area contributed by atoms with E-state index in [2.05, 4.69) is 56.5 Å². The van der Waals surface area contributed by atoms with Crippen molar-refractivity contribution < 1.29 is 0 Å². The Hall–Kier alpha value is -1.66. The number of nitrogens with one attached hydrogen (secondary N) is 1. The van der Waals surface area contributed by atoms with Crippen molar-refractivity contribution in [3.05, 3.63) is 18.1 Å². The van der Waals surface area contributed by atoms with Crippen molar-refractivity contribution in [2.24, 2.45) is 0 Å². The molecular formula is C17H26N6. The highest BCUT2D eigenvalue weighted by molar-refractivity contribution is 5.87. The third kappa shape index (κ3) is 2.70. The standard InChI is InChI=1S/C17H26N6/c1-12(2)21-4-6-22(7-5-21)14-9-23(10-14)17-16-15(18-11-19-17)8-13(3)20-16/h8,11-12,14,20H,4-7,9-10H2,1-3H3. The number of fused-ring (bicyclic) bond motifs is 1. The summed E-state index contributed by atoms with van der Waals surface area (Å²) in [6, 6.07) is 3.42. The van der Waals surface area contributed by atoms with E-state index in [1.54, 1.807) is 6.33 Å². The highest BCUT2D eigenvalue weighted by atomic mass is 15.4. The molecule has 0 atom stereocenters. The number of rotatable bonds is 3. The summed E-state index contributed by atoms with van der Waals surface area (Å²) in [7, 11) is 0. The molecule has 6 heteroatoms. The second kappa shape index (κ2) is 5.76. The summed E-state index contributed by atoms with van der Waals surface area (Å²) in [4.78, 5) is 19.9. The summed E-state index contributed by atoms with van der Waals surface area (Å²) in [5.41, 5.74) is 3.23. The monoisotopic (exact) mass is 314 g/mol. The average Bonchev–Trinajstić information content (AvgIpc) is 2.87. The van der Waals surface area contributed by atoms with E-state index < -0.39 is 0 Å². The Morgan fingerprint density at radius 3 is 2.57 bits per heavy atom. The van der Waals surface area contributed by atoms with Gasteiger partial charge < -0.3 is 9.88 Å². The number of hydrogen-bond donors (Lipinski definition) is 1. The Morgan fingerprint density at radius 1 is 1.13 bits per heavy atom. The summed E-state index contributed by atoms with van der Waals surface area (Å²) >= 11 is 0. The Balaban J connectivity index is 1.40. The maximum absolute atomic E-state index is 4.51. The summed E-state index contributed by atoms with van der Waals surface area (Å²) < 4.78 is 0. The molecule has 2 aliphatic rings. The number of aromatic nitrogens is 3. The topological polar surface area (TPSA) is 51.3 Å². The minimum absolute atomic E-state index is 0.667. The number of piperazine rings is 1. The van der Waals surface area contributed by atoms with Crippen LogP contribution in [0, 0.1) is 6.92 Å². The van der Waals surface area contributed by atoms with Crippen LogP contribution in [0.1, 0.15) is 19.5 Å². The molecule has 2 fully saturated rings. The molecular weight excluding hydrogens is 288 g/mol. The number of hydrogen-bond acceptors (Lipinski definition) is 5. The maximum atomic E-state index is 4.51. The summed E-state index contributed by atoms with van der Waals surface area (Å²) in [6.07, 6.45) is 1.68. The lowest BCUT2D eigenvalue weighted by Crippen LogP contribution is -2.63. The van der Waals surface area contributed by atoms with Crippen molar-refractivity contribution in [1.82, 2.24) is 24.8 Å². The van der Waals surface area contributed by atoms with Gasteiger partial charge in [0.25, 0.3) is 0 Å². The van der Waals surface area contributed by atoms with E-state index in [4.69, 9.17) is 0 Å². The largest absolute Gasteiger partial charge is 0.354 e. The molecule has 124 valence electrons. The number of H-pyrrole nitrogens is 1. The van der Waals surface area contributed by atoms with Gasteiger partial charge in [0.05, 0.1) is 5.52 Å². The third-order valence-electron chi connectivity index (χ3n) is 5.29. The quantitative estimate of drug-likeness (QED) is 0.930. The van der Waals surface area contributed by atoms with Gasteiger partial charge in [0.2, 0.25) is 0 Å². The van der Waals surface area contributed by atoms with Crippen LogP contribution in [0.15, 0.2) is 12.4 Å². The van der Waals surface area contributed by atoms with Gasteiger partial charge in [-0.15, -0.1) is 0 Å². The van der Waals surface area contributed by atoms with Crippen molar-refractivity contribution in [2.75, 3.05) is 44.2 Å². The molecule has 0 amide bonds. The molecule has 0 unspecified atom stereocenters. The van der Waals surface area contributed by atoms with Crippen LogP contribution >= 0.6 is 0 Å². The Labute approximate surface area is 137 Å². The molecule has 1 N–H and O–H groups in total. The lowest BCUT2D eigenvalue weighted by Gasteiger charge is -2.49. The fourth-order valence-corrected chi connectivity index (χ4v) is 3.78. The first-order chi connectivity index (χ1) is 11.1. The molecule has 4 rings (SSSR count). The van der Waals surface area contributed by atoms with Gasteiger partial charge in [-0.05, 0) is 26.8 Å². The zero-order valence-corrected chi connectivity index (χ0v) is 14.3. The van der Waals surface area contributed by atoms with Gasteiger partial charge in [-0.1, -0.05) is 0 Å². The zero-order valence-electron chi connectivity index (χ0n) is 14.3. The van der Waals surface area contributed by atoms with E-state index in [0.717, 1.165) is 35.6 Å². The van der Waals surface area contributed by atoms with Crippen LogP contribution in [0.25, 0.3) is 11.0 Å². The lowest BCUT2D eigenvalue weighted by atomic mass is 10.1. The maximum Gasteiger partial charge on any atom is 0.156 e. The minimum Gasteiger partial charge on any atom is -0.354 e. The van der Waals surface area contributed by atoms with E-state index in [1.807, 2.05) is 0 Å². The van der Waals surface area contributed by atoms with Crippen LogP contribution in [0.4, 0.5) is 5.82 Å². The molecule has 0 radical (unpaired) electrons. The molecule has 23 heavy (non-hydrogen) atoms. The Kier molecular flexibility index (Phi) is 3.73. The summed E-state index contributed by atoms with van der Waals surface area (Å²) in [5.74, 6) is 1.06. The molecule has 2 aliphatic heterocycles. The van der Waals surface area contributed by atoms with Crippen LogP contribution in [0.3, 0.4) is 0 Å². The van der Waals surface area contributed by atoms with Gasteiger partial charge in [0.1, 0.15) is 11.8 Å². The second-order valence-corrected chi connectivity index (χ2v) is 7.13. The second-order valence-electron chi connectivity index (χ2n) is 7.13. The first-order valence-electron chi connectivity index (χ1n) is 8.65. The molecule has 6 nitrogen and oxygen atoms in total. The minimum atomic E-state index is 0.667. The van der Waals surface area contributed by atoms with Crippen LogP contribution in [-0.4, -0.2) is 76.1 Å². The van der Waals surface area contributed by atoms with Gasteiger partial charge in [-0.25, -0.2) is 9.97 Å². The molecule has 2 aromatic rings. The fourth-order valence-electron chi connectivity index (χ4n) is 3.78. The van der Waals surface area contributed by atoms with Crippen LogP contribution in [0.5, 0.6) is 0 Å². The van der Waals surface area contributed by atoms with Crippen molar-refractivity contribution in [1.29, 1.82) is 0 Å². The number of nitrogens with zero attached hydrogens (tertiary/aromatic N) is 5. The van der Waals surface area contributed by atoms with Crippen molar-refractivity contribution in [3.8, 4) is 0 Å². The predicted octanol–water partition coefficient (Wildman–Crippen LogP) is 1.48.